The van der Waals surface area contributed by atoms with E-state index in [9.17, 15) is 14.4 Å². The van der Waals surface area contributed by atoms with Gasteiger partial charge in [-0.1, -0.05) is 12.1 Å². The molecule has 190 valence electrons. The summed E-state index contributed by atoms with van der Waals surface area (Å²) >= 11 is 0. The minimum absolute atomic E-state index is 0.0187. The minimum atomic E-state index is -0.951. The Bertz CT molecular complexity index is 1550. The van der Waals surface area contributed by atoms with Crippen LogP contribution in [0, 0.1) is 0 Å². The number of aromatic nitrogens is 1. The molecule has 4 aromatic rings. The lowest BCUT2D eigenvalue weighted by atomic mass is 9.98. The summed E-state index contributed by atoms with van der Waals surface area (Å²) in [4.78, 5) is 44.1. The number of amides is 3. The molecular formula is C27H27N5O5. The molecule has 0 aliphatic carbocycles. The van der Waals surface area contributed by atoms with Gasteiger partial charge in [0.05, 0.1) is 18.2 Å². The van der Waals surface area contributed by atoms with Crippen LogP contribution in [0.15, 0.2) is 48.5 Å². The second-order valence-corrected chi connectivity index (χ2v) is 9.08. The highest BCUT2D eigenvalue weighted by Crippen LogP contribution is 2.37. The number of carbonyl (C=O) groups is 3. The van der Waals surface area contributed by atoms with Gasteiger partial charge in [-0.3, -0.25) is 9.59 Å². The Kier molecular flexibility index (Phi) is 6.18. The van der Waals surface area contributed by atoms with Crippen molar-refractivity contribution >= 4 is 39.7 Å². The molecule has 1 saturated heterocycles. The molecule has 1 aliphatic heterocycles. The van der Waals surface area contributed by atoms with Crippen LogP contribution in [0.5, 0.6) is 11.5 Å². The number of likely N-dealkylation sites (N-methyl/N-ethyl adjacent to an activating group) is 1. The molecule has 0 bridgehead atoms. The van der Waals surface area contributed by atoms with Crippen molar-refractivity contribution in [3.05, 3.63) is 59.7 Å². The third-order valence-electron chi connectivity index (χ3n) is 6.72. The second-order valence-electron chi connectivity index (χ2n) is 9.08. The Morgan fingerprint density at radius 1 is 0.865 bits per heavy atom. The number of piperazine rings is 1. The number of rotatable bonds is 5. The Balaban J connectivity index is 1.59. The topological polar surface area (TPSA) is 144 Å². The molecule has 5 rings (SSSR count). The number of hydrogen-bond donors (Lipinski definition) is 3. The normalized spacial score (nSPS) is 14.2. The smallest absolute Gasteiger partial charge is 0.410 e. The standard InChI is InChI=1S/C27H27N5O5/c1-31-7-9-32(10-8-31)26(34)16-3-5-18-19-11-17(12-20(25(28)33)24(19)30-21(18)13-16)15-4-6-22(37-27(29)35)23(14-15)36-2/h3-6,11-14,30H,7-10H2,1-2H3,(H2,28,33)(H2,29,35). The van der Waals surface area contributed by atoms with Gasteiger partial charge in [0.15, 0.2) is 11.5 Å². The Labute approximate surface area is 212 Å². The van der Waals surface area contributed by atoms with Crippen LogP contribution in [0.25, 0.3) is 32.9 Å². The van der Waals surface area contributed by atoms with Gasteiger partial charge in [0.25, 0.3) is 11.8 Å². The van der Waals surface area contributed by atoms with E-state index >= 15 is 0 Å². The number of carbonyl (C=O) groups excluding carboxylic acids is 3. The van der Waals surface area contributed by atoms with E-state index in [1.54, 1.807) is 24.3 Å². The van der Waals surface area contributed by atoms with Crippen molar-refractivity contribution in [2.75, 3.05) is 40.3 Å². The summed E-state index contributed by atoms with van der Waals surface area (Å²) in [7, 11) is 3.49. The van der Waals surface area contributed by atoms with Crippen molar-refractivity contribution in [3.8, 4) is 22.6 Å². The van der Waals surface area contributed by atoms with Crippen LogP contribution in [-0.4, -0.2) is 73.0 Å². The summed E-state index contributed by atoms with van der Waals surface area (Å²) in [5.74, 6) is -0.120. The van der Waals surface area contributed by atoms with Crippen molar-refractivity contribution < 1.29 is 23.9 Å². The fourth-order valence-corrected chi connectivity index (χ4v) is 4.73. The first-order valence-electron chi connectivity index (χ1n) is 11.8. The molecule has 3 aromatic carbocycles. The summed E-state index contributed by atoms with van der Waals surface area (Å²) < 4.78 is 10.3. The molecule has 0 unspecified atom stereocenters. The molecule has 0 atom stereocenters. The largest absolute Gasteiger partial charge is 0.493 e. The molecule has 0 saturated carbocycles. The summed E-state index contributed by atoms with van der Waals surface area (Å²) in [5, 5.41) is 1.64. The van der Waals surface area contributed by atoms with E-state index < -0.39 is 12.0 Å². The zero-order valence-electron chi connectivity index (χ0n) is 20.5. The van der Waals surface area contributed by atoms with Crippen molar-refractivity contribution in [2.24, 2.45) is 11.5 Å². The molecule has 3 amide bonds. The summed E-state index contributed by atoms with van der Waals surface area (Å²) in [5.41, 5.74) is 14.5. The Hall–Kier alpha value is -4.57. The van der Waals surface area contributed by atoms with Gasteiger partial charge >= 0.3 is 6.09 Å². The van der Waals surface area contributed by atoms with E-state index in [-0.39, 0.29) is 11.7 Å². The monoisotopic (exact) mass is 501 g/mol. The maximum atomic E-state index is 13.1. The molecule has 0 spiro atoms. The third-order valence-corrected chi connectivity index (χ3v) is 6.72. The van der Waals surface area contributed by atoms with E-state index in [0.717, 1.165) is 29.4 Å². The summed E-state index contributed by atoms with van der Waals surface area (Å²) in [6.45, 7) is 3.04. The SMILES string of the molecule is COc1cc(-c2cc(C(N)=O)c3[nH]c4cc(C(=O)N5CCN(C)CC5)ccc4c3c2)ccc1OC(N)=O. The van der Waals surface area contributed by atoms with Crippen LogP contribution in [0.3, 0.4) is 0 Å². The lowest BCUT2D eigenvalue weighted by molar-refractivity contribution is 0.0664. The quantitative estimate of drug-likeness (QED) is 0.384. The molecule has 2 heterocycles. The van der Waals surface area contributed by atoms with E-state index in [1.165, 1.54) is 7.11 Å². The number of hydrogen-bond acceptors (Lipinski definition) is 6. The van der Waals surface area contributed by atoms with E-state index in [1.807, 2.05) is 36.2 Å². The van der Waals surface area contributed by atoms with E-state index in [2.05, 4.69) is 9.88 Å². The van der Waals surface area contributed by atoms with Gasteiger partial charge in [0.2, 0.25) is 0 Å². The van der Waals surface area contributed by atoms with Gasteiger partial charge < -0.3 is 35.7 Å². The van der Waals surface area contributed by atoms with Crippen LogP contribution < -0.4 is 20.9 Å². The van der Waals surface area contributed by atoms with E-state index in [0.29, 0.717) is 46.6 Å². The Morgan fingerprint density at radius 3 is 2.30 bits per heavy atom. The molecule has 10 heteroatoms. The van der Waals surface area contributed by atoms with Crippen molar-refractivity contribution in [2.45, 2.75) is 0 Å². The van der Waals surface area contributed by atoms with Gasteiger partial charge in [0.1, 0.15) is 0 Å². The van der Waals surface area contributed by atoms with E-state index in [4.69, 9.17) is 20.9 Å². The van der Waals surface area contributed by atoms with Crippen molar-refractivity contribution in [3.63, 3.8) is 0 Å². The van der Waals surface area contributed by atoms with Crippen LogP contribution in [0.1, 0.15) is 20.7 Å². The molecular weight excluding hydrogens is 474 g/mol. The first-order valence-corrected chi connectivity index (χ1v) is 11.8. The van der Waals surface area contributed by atoms with Crippen LogP contribution in [0.4, 0.5) is 4.79 Å². The fraction of sp³-hybridized carbons (Fsp3) is 0.222. The highest BCUT2D eigenvalue weighted by atomic mass is 16.6. The molecule has 1 aliphatic rings. The van der Waals surface area contributed by atoms with Crippen molar-refractivity contribution in [1.82, 2.24) is 14.8 Å². The van der Waals surface area contributed by atoms with Crippen molar-refractivity contribution in [1.29, 1.82) is 0 Å². The Morgan fingerprint density at radius 2 is 1.62 bits per heavy atom. The fourth-order valence-electron chi connectivity index (χ4n) is 4.73. The number of methoxy groups -OCH3 is 1. The zero-order valence-corrected chi connectivity index (χ0v) is 20.5. The van der Waals surface area contributed by atoms with Gasteiger partial charge in [-0.2, -0.15) is 0 Å². The zero-order chi connectivity index (χ0) is 26.3. The van der Waals surface area contributed by atoms with Gasteiger partial charge in [-0.05, 0) is 54.6 Å². The number of benzene rings is 3. The molecule has 10 nitrogen and oxygen atoms in total. The summed E-state index contributed by atoms with van der Waals surface area (Å²) in [6.07, 6.45) is -0.951. The predicted molar refractivity (Wildman–Crippen MR) is 140 cm³/mol. The van der Waals surface area contributed by atoms with Gasteiger partial charge in [0, 0.05) is 48.0 Å². The first-order chi connectivity index (χ1) is 17.7. The number of nitrogens with two attached hydrogens (primary N) is 2. The number of ether oxygens (including phenoxy) is 2. The lowest BCUT2D eigenvalue weighted by Crippen LogP contribution is -2.47. The average Bonchev–Trinajstić information content (AvgIpc) is 3.25. The van der Waals surface area contributed by atoms with Gasteiger partial charge in [-0.15, -0.1) is 0 Å². The number of primary amides is 2. The van der Waals surface area contributed by atoms with Crippen LogP contribution in [-0.2, 0) is 0 Å². The van der Waals surface area contributed by atoms with Gasteiger partial charge in [-0.25, -0.2) is 4.79 Å². The first kappa shape index (κ1) is 24.1. The third kappa shape index (κ3) is 4.54. The van der Waals surface area contributed by atoms with Crippen LogP contribution >= 0.6 is 0 Å². The number of fused-ring (bicyclic) bond motifs is 3. The molecule has 1 aromatic heterocycles. The maximum absolute atomic E-state index is 13.1. The molecule has 37 heavy (non-hydrogen) atoms. The molecule has 5 N–H and O–H groups in total. The summed E-state index contributed by atoms with van der Waals surface area (Å²) in [6, 6.07) is 14.1. The highest BCUT2D eigenvalue weighted by Gasteiger charge is 2.22. The lowest BCUT2D eigenvalue weighted by Gasteiger charge is -2.32. The second kappa shape index (κ2) is 9.47. The van der Waals surface area contributed by atoms with Crippen LogP contribution in [0.2, 0.25) is 0 Å². The minimum Gasteiger partial charge on any atom is -0.493 e. The molecule has 0 radical (unpaired) electrons. The predicted octanol–water partition coefficient (Wildman–Crippen LogP) is 2.94. The number of H-pyrrole nitrogens is 1. The maximum Gasteiger partial charge on any atom is 0.410 e. The average molecular weight is 502 g/mol. The number of nitrogens with zero attached hydrogens (tertiary/aromatic N) is 2. The molecule has 1 fully saturated rings. The highest BCUT2D eigenvalue weighted by molar-refractivity contribution is 6.17. The number of aromatic amines is 1. The number of nitrogens with one attached hydrogen (secondary N) is 1.